The molecule has 0 amide bonds. The maximum atomic E-state index is 11.8. The first-order valence-corrected chi connectivity index (χ1v) is 4.80. The van der Waals surface area contributed by atoms with Gasteiger partial charge in [0.1, 0.15) is 5.75 Å². The van der Waals surface area contributed by atoms with Gasteiger partial charge in [-0.05, 0) is 33.6 Å². The quantitative estimate of drug-likeness (QED) is 0.925. The zero-order valence-corrected chi connectivity index (χ0v) is 9.10. The Morgan fingerprint density at radius 2 is 2.00 bits per heavy atom. The van der Waals surface area contributed by atoms with Gasteiger partial charge in [-0.25, -0.2) is 0 Å². The van der Waals surface area contributed by atoms with Crippen LogP contribution >= 0.6 is 15.9 Å². The third kappa shape index (κ3) is 4.09. The lowest BCUT2D eigenvalue weighted by Crippen LogP contribution is -2.19. The number of alkyl halides is 3. The number of benzene rings is 1. The van der Waals surface area contributed by atoms with E-state index in [1.165, 1.54) is 18.2 Å². The molecule has 84 valence electrons. The Kier molecular flexibility index (Phi) is 3.98. The molecule has 0 fully saturated rings. The Labute approximate surface area is 92.8 Å². The lowest BCUT2D eigenvalue weighted by atomic mass is 10.2. The molecule has 1 aromatic rings. The van der Waals surface area contributed by atoms with Crippen LogP contribution in [-0.2, 0) is 6.61 Å². The van der Waals surface area contributed by atoms with Gasteiger partial charge in [0.25, 0.3) is 0 Å². The topological polar surface area (TPSA) is 29.5 Å². The maximum absolute atomic E-state index is 11.8. The Morgan fingerprint density at radius 3 is 2.47 bits per heavy atom. The SMILES string of the molecule is OCc1ccc(OCC(F)(F)F)c(Br)c1. The predicted molar refractivity (Wildman–Crippen MR) is 51.6 cm³/mol. The van der Waals surface area contributed by atoms with Crippen LogP contribution in [0.15, 0.2) is 22.7 Å². The van der Waals surface area contributed by atoms with Crippen LogP contribution in [0.3, 0.4) is 0 Å². The minimum Gasteiger partial charge on any atom is -0.483 e. The first-order chi connectivity index (χ1) is 6.92. The molecular weight excluding hydrogens is 277 g/mol. The van der Waals surface area contributed by atoms with E-state index in [0.29, 0.717) is 10.0 Å². The highest BCUT2D eigenvalue weighted by molar-refractivity contribution is 9.10. The van der Waals surface area contributed by atoms with E-state index >= 15 is 0 Å². The largest absolute Gasteiger partial charge is 0.483 e. The van der Waals surface area contributed by atoms with Crippen molar-refractivity contribution in [2.45, 2.75) is 12.8 Å². The predicted octanol–water partition coefficient (Wildman–Crippen LogP) is 2.88. The van der Waals surface area contributed by atoms with Gasteiger partial charge in [-0.1, -0.05) is 6.07 Å². The molecule has 0 bridgehead atoms. The molecule has 6 heteroatoms. The van der Waals surface area contributed by atoms with Crippen LogP contribution in [0.1, 0.15) is 5.56 Å². The van der Waals surface area contributed by atoms with Crippen molar-refractivity contribution in [1.82, 2.24) is 0 Å². The maximum Gasteiger partial charge on any atom is 0.422 e. The molecule has 0 saturated carbocycles. The van der Waals surface area contributed by atoms with Crippen LogP contribution in [0.5, 0.6) is 5.75 Å². The molecule has 0 heterocycles. The lowest BCUT2D eigenvalue weighted by molar-refractivity contribution is -0.153. The van der Waals surface area contributed by atoms with Gasteiger partial charge < -0.3 is 9.84 Å². The number of rotatable bonds is 3. The Hall–Kier alpha value is -0.750. The summed E-state index contributed by atoms with van der Waals surface area (Å²) < 4.78 is 40.4. The zero-order chi connectivity index (χ0) is 11.5. The summed E-state index contributed by atoms with van der Waals surface area (Å²) in [6.07, 6.45) is -4.35. The van der Waals surface area contributed by atoms with E-state index in [4.69, 9.17) is 5.11 Å². The Morgan fingerprint density at radius 1 is 1.33 bits per heavy atom. The van der Waals surface area contributed by atoms with E-state index in [9.17, 15) is 13.2 Å². The zero-order valence-electron chi connectivity index (χ0n) is 7.51. The molecule has 1 aromatic carbocycles. The van der Waals surface area contributed by atoms with Crippen LogP contribution in [0.25, 0.3) is 0 Å². The summed E-state index contributed by atoms with van der Waals surface area (Å²) in [4.78, 5) is 0. The van der Waals surface area contributed by atoms with E-state index in [1.807, 2.05) is 0 Å². The fourth-order valence-corrected chi connectivity index (χ4v) is 1.46. The lowest BCUT2D eigenvalue weighted by Gasteiger charge is -2.11. The van der Waals surface area contributed by atoms with E-state index in [-0.39, 0.29) is 12.4 Å². The van der Waals surface area contributed by atoms with E-state index in [1.54, 1.807) is 0 Å². The molecule has 15 heavy (non-hydrogen) atoms. The second-order valence-corrected chi connectivity index (χ2v) is 3.68. The molecule has 0 aliphatic rings. The number of ether oxygens (including phenoxy) is 1. The first-order valence-electron chi connectivity index (χ1n) is 4.01. The number of aliphatic hydroxyl groups is 1. The van der Waals surface area contributed by atoms with Crippen molar-refractivity contribution in [3.8, 4) is 5.75 Å². The highest BCUT2D eigenvalue weighted by Crippen LogP contribution is 2.27. The third-order valence-corrected chi connectivity index (χ3v) is 2.19. The van der Waals surface area contributed by atoms with Crippen LogP contribution in [-0.4, -0.2) is 17.9 Å². The number of hydrogen-bond donors (Lipinski definition) is 1. The van der Waals surface area contributed by atoms with Crippen molar-refractivity contribution in [3.05, 3.63) is 28.2 Å². The summed E-state index contributed by atoms with van der Waals surface area (Å²) in [5, 5.41) is 8.77. The smallest absolute Gasteiger partial charge is 0.422 e. The third-order valence-electron chi connectivity index (χ3n) is 1.57. The average Bonchev–Trinajstić information content (AvgIpc) is 2.14. The summed E-state index contributed by atoms with van der Waals surface area (Å²) in [5.74, 6) is 0.101. The fraction of sp³-hybridized carbons (Fsp3) is 0.333. The van der Waals surface area contributed by atoms with E-state index < -0.39 is 12.8 Å². The van der Waals surface area contributed by atoms with Crippen molar-refractivity contribution < 1.29 is 23.0 Å². The minimum absolute atomic E-state index is 0.101. The van der Waals surface area contributed by atoms with Gasteiger partial charge in [0.05, 0.1) is 11.1 Å². The van der Waals surface area contributed by atoms with Crippen molar-refractivity contribution in [2.24, 2.45) is 0 Å². The number of aliphatic hydroxyl groups excluding tert-OH is 1. The first kappa shape index (κ1) is 12.3. The normalized spacial score (nSPS) is 11.5. The molecule has 0 radical (unpaired) electrons. The summed E-state index contributed by atoms with van der Waals surface area (Å²) >= 11 is 3.05. The average molecular weight is 285 g/mol. The second kappa shape index (κ2) is 4.85. The van der Waals surface area contributed by atoms with Gasteiger partial charge in [-0.2, -0.15) is 13.2 Å². The van der Waals surface area contributed by atoms with E-state index in [2.05, 4.69) is 20.7 Å². The molecule has 1 N–H and O–H groups in total. The van der Waals surface area contributed by atoms with Crippen molar-refractivity contribution >= 4 is 15.9 Å². The van der Waals surface area contributed by atoms with Crippen molar-refractivity contribution in [3.63, 3.8) is 0 Å². The molecular formula is C9H8BrF3O2. The van der Waals surface area contributed by atoms with Gasteiger partial charge in [0.15, 0.2) is 6.61 Å². The van der Waals surface area contributed by atoms with E-state index in [0.717, 1.165) is 0 Å². The molecule has 0 aliphatic carbocycles. The minimum atomic E-state index is -4.35. The van der Waals surface area contributed by atoms with Gasteiger partial charge in [0, 0.05) is 0 Å². The molecule has 1 rings (SSSR count). The molecule has 0 saturated heterocycles. The standard InChI is InChI=1S/C9H8BrF3O2/c10-7-3-6(4-14)1-2-8(7)15-5-9(11,12)13/h1-3,14H,4-5H2. The van der Waals surface area contributed by atoms with Crippen LogP contribution in [0.4, 0.5) is 13.2 Å². The Bertz CT molecular complexity index is 339. The van der Waals surface area contributed by atoms with Crippen LogP contribution in [0.2, 0.25) is 0 Å². The molecule has 2 nitrogen and oxygen atoms in total. The molecule has 0 unspecified atom stereocenters. The summed E-state index contributed by atoms with van der Waals surface area (Å²) in [5.41, 5.74) is 0.598. The summed E-state index contributed by atoms with van der Waals surface area (Å²) in [7, 11) is 0. The number of halogens is 4. The monoisotopic (exact) mass is 284 g/mol. The van der Waals surface area contributed by atoms with Crippen LogP contribution in [0, 0.1) is 0 Å². The molecule has 0 atom stereocenters. The van der Waals surface area contributed by atoms with Gasteiger partial charge in [0.2, 0.25) is 0 Å². The van der Waals surface area contributed by atoms with Gasteiger partial charge >= 0.3 is 6.18 Å². The molecule has 0 spiro atoms. The highest BCUT2D eigenvalue weighted by Gasteiger charge is 2.28. The van der Waals surface area contributed by atoms with Crippen molar-refractivity contribution in [2.75, 3.05) is 6.61 Å². The summed E-state index contributed by atoms with van der Waals surface area (Å²) in [6, 6.07) is 4.38. The highest BCUT2D eigenvalue weighted by atomic mass is 79.9. The number of hydrogen-bond acceptors (Lipinski definition) is 2. The Balaban J connectivity index is 2.70. The molecule has 0 aromatic heterocycles. The fourth-order valence-electron chi connectivity index (χ4n) is 0.919. The van der Waals surface area contributed by atoms with Crippen LogP contribution < -0.4 is 4.74 Å². The second-order valence-electron chi connectivity index (χ2n) is 2.83. The summed E-state index contributed by atoms with van der Waals surface area (Å²) in [6.45, 7) is -1.50. The molecule has 0 aliphatic heterocycles. The van der Waals surface area contributed by atoms with Crippen molar-refractivity contribution in [1.29, 1.82) is 0 Å². The van der Waals surface area contributed by atoms with Gasteiger partial charge in [-0.3, -0.25) is 0 Å². The van der Waals surface area contributed by atoms with Gasteiger partial charge in [-0.15, -0.1) is 0 Å².